The maximum absolute atomic E-state index is 12.8. The number of benzene rings is 2. The first kappa shape index (κ1) is 20.5. The molecular weight excluding hydrogens is 428 g/mol. The summed E-state index contributed by atoms with van der Waals surface area (Å²) in [5.41, 5.74) is 2.44. The van der Waals surface area contributed by atoms with Gasteiger partial charge in [0.25, 0.3) is 5.91 Å². The second kappa shape index (κ2) is 8.27. The molecule has 3 heterocycles. The highest BCUT2D eigenvalue weighted by molar-refractivity contribution is 6.33. The lowest BCUT2D eigenvalue weighted by molar-refractivity contribution is 0.0744. The van der Waals surface area contributed by atoms with Crippen LogP contribution in [0, 0.1) is 0 Å². The molecule has 0 radical (unpaired) electrons. The monoisotopic (exact) mass is 450 g/mol. The lowest BCUT2D eigenvalue weighted by Crippen LogP contribution is -2.49. The van der Waals surface area contributed by atoms with Crippen molar-refractivity contribution >= 4 is 34.4 Å². The van der Waals surface area contributed by atoms with Crippen LogP contribution in [0.2, 0.25) is 5.02 Å². The summed E-state index contributed by atoms with van der Waals surface area (Å²) >= 11 is 6.18. The molecular formula is C23H23ClN6O2. The van der Waals surface area contributed by atoms with E-state index in [0.717, 1.165) is 16.5 Å². The largest absolute Gasteiger partial charge is 0.335 e. The van der Waals surface area contributed by atoms with Crippen LogP contribution in [0.5, 0.6) is 0 Å². The fraction of sp³-hybridized carbons (Fsp3) is 0.304. The molecule has 1 saturated heterocycles. The van der Waals surface area contributed by atoms with Gasteiger partial charge in [-0.25, -0.2) is 0 Å². The van der Waals surface area contributed by atoms with Crippen molar-refractivity contribution in [3.63, 3.8) is 0 Å². The van der Waals surface area contributed by atoms with Crippen molar-refractivity contribution in [1.29, 1.82) is 0 Å². The van der Waals surface area contributed by atoms with Crippen LogP contribution in [-0.2, 0) is 0 Å². The number of halogens is 1. The minimum absolute atomic E-state index is 0.0588. The normalized spacial score (nSPS) is 14.5. The van der Waals surface area contributed by atoms with Crippen LogP contribution in [0.1, 0.15) is 30.2 Å². The highest BCUT2D eigenvalue weighted by Gasteiger charge is 2.26. The van der Waals surface area contributed by atoms with Crippen LogP contribution in [-0.4, -0.2) is 56.9 Å². The molecule has 0 unspecified atom stereocenters. The summed E-state index contributed by atoms with van der Waals surface area (Å²) in [5.74, 6) is 0.476. The fourth-order valence-corrected chi connectivity index (χ4v) is 4.17. The van der Waals surface area contributed by atoms with Crippen molar-refractivity contribution in [2.75, 3.05) is 31.1 Å². The number of amides is 1. The number of nitrogens with zero attached hydrogens (tertiary/aromatic N) is 6. The zero-order valence-corrected chi connectivity index (χ0v) is 18.7. The Morgan fingerprint density at radius 3 is 2.62 bits per heavy atom. The third-order valence-corrected chi connectivity index (χ3v) is 6.03. The van der Waals surface area contributed by atoms with Gasteiger partial charge in [0.05, 0.1) is 22.3 Å². The van der Waals surface area contributed by atoms with E-state index < -0.39 is 0 Å². The Morgan fingerprint density at radius 1 is 1.09 bits per heavy atom. The minimum atomic E-state index is -0.0588. The molecule has 0 aliphatic carbocycles. The lowest BCUT2D eigenvalue weighted by atomic mass is 10.1. The number of aromatic nitrogens is 4. The average Bonchev–Trinajstić information content (AvgIpc) is 3.46. The maximum Gasteiger partial charge on any atom is 0.324 e. The fourth-order valence-electron chi connectivity index (χ4n) is 3.96. The minimum Gasteiger partial charge on any atom is -0.335 e. The average molecular weight is 451 g/mol. The van der Waals surface area contributed by atoms with Gasteiger partial charge in [0.15, 0.2) is 0 Å². The van der Waals surface area contributed by atoms with Crippen molar-refractivity contribution in [1.82, 2.24) is 24.8 Å². The van der Waals surface area contributed by atoms with E-state index in [1.165, 1.54) is 0 Å². The highest BCUT2D eigenvalue weighted by Crippen LogP contribution is 2.26. The first-order valence-corrected chi connectivity index (χ1v) is 11.0. The van der Waals surface area contributed by atoms with E-state index in [2.05, 4.69) is 29.1 Å². The van der Waals surface area contributed by atoms with Gasteiger partial charge in [0.1, 0.15) is 0 Å². The Kier molecular flexibility index (Phi) is 5.30. The molecule has 9 heteroatoms. The number of fused-ring (bicyclic) bond motifs is 1. The van der Waals surface area contributed by atoms with Gasteiger partial charge in [-0.15, -0.1) is 0 Å². The summed E-state index contributed by atoms with van der Waals surface area (Å²) in [6.45, 7) is 6.53. The summed E-state index contributed by atoms with van der Waals surface area (Å²) < 4.78 is 7.53. The van der Waals surface area contributed by atoms with Crippen LogP contribution in [0.15, 0.2) is 53.2 Å². The molecule has 164 valence electrons. The predicted octanol–water partition coefficient (Wildman–Crippen LogP) is 4.28. The van der Waals surface area contributed by atoms with E-state index in [1.807, 2.05) is 46.1 Å². The molecule has 4 aromatic rings. The Hall–Kier alpha value is -3.39. The molecule has 32 heavy (non-hydrogen) atoms. The molecule has 0 N–H and O–H groups in total. The molecule has 0 spiro atoms. The number of carbonyl (C=O) groups excluding carboxylic acids is 1. The Balaban J connectivity index is 1.30. The Morgan fingerprint density at radius 2 is 1.88 bits per heavy atom. The molecule has 2 aromatic heterocycles. The molecule has 5 rings (SSSR count). The van der Waals surface area contributed by atoms with Gasteiger partial charge in [0.2, 0.25) is 5.82 Å². The molecule has 0 saturated carbocycles. The first-order valence-electron chi connectivity index (χ1n) is 10.6. The zero-order chi connectivity index (χ0) is 22.2. The second-order valence-corrected chi connectivity index (χ2v) is 8.52. The van der Waals surface area contributed by atoms with E-state index in [0.29, 0.717) is 48.6 Å². The van der Waals surface area contributed by atoms with E-state index in [9.17, 15) is 4.79 Å². The number of hydrogen-bond donors (Lipinski definition) is 0. The summed E-state index contributed by atoms with van der Waals surface area (Å²) in [7, 11) is 0. The highest BCUT2D eigenvalue weighted by atomic mass is 35.5. The summed E-state index contributed by atoms with van der Waals surface area (Å²) in [4.78, 5) is 21.2. The van der Waals surface area contributed by atoms with Gasteiger partial charge < -0.3 is 14.3 Å². The van der Waals surface area contributed by atoms with Crippen molar-refractivity contribution in [3.8, 4) is 11.4 Å². The van der Waals surface area contributed by atoms with Crippen LogP contribution in [0.4, 0.5) is 6.01 Å². The van der Waals surface area contributed by atoms with Gasteiger partial charge >= 0.3 is 6.01 Å². The second-order valence-electron chi connectivity index (χ2n) is 8.12. The van der Waals surface area contributed by atoms with Gasteiger partial charge in [-0.1, -0.05) is 41.0 Å². The smallest absolute Gasteiger partial charge is 0.324 e. The van der Waals surface area contributed by atoms with E-state index in [1.54, 1.807) is 17.0 Å². The van der Waals surface area contributed by atoms with Crippen molar-refractivity contribution in [3.05, 3.63) is 59.2 Å². The van der Waals surface area contributed by atoms with Crippen LogP contribution < -0.4 is 4.90 Å². The summed E-state index contributed by atoms with van der Waals surface area (Å²) in [6, 6.07) is 13.9. The molecule has 0 bridgehead atoms. The van der Waals surface area contributed by atoms with Crippen LogP contribution in [0.3, 0.4) is 0 Å². The number of piperazine rings is 1. The van der Waals surface area contributed by atoms with E-state index in [4.69, 9.17) is 16.1 Å². The third-order valence-electron chi connectivity index (χ3n) is 5.70. The quantitative estimate of drug-likeness (QED) is 0.461. The molecule has 2 aromatic carbocycles. The van der Waals surface area contributed by atoms with Crippen molar-refractivity contribution < 1.29 is 9.32 Å². The number of rotatable bonds is 4. The van der Waals surface area contributed by atoms with Crippen molar-refractivity contribution in [2.45, 2.75) is 19.9 Å². The lowest BCUT2D eigenvalue weighted by Gasteiger charge is -2.33. The number of hydrogen-bond acceptors (Lipinski definition) is 6. The standard InChI is InChI=1S/C23H23ClN6O2/c1-15(2)30-20-13-16(7-8-17(20)14-25-30)21-26-23(32-27-21)29-11-9-28(10-12-29)22(31)18-5-3-4-6-19(18)24/h3-8,13-15H,9-12H2,1-2H3. The van der Waals surface area contributed by atoms with Gasteiger partial charge in [-0.3, -0.25) is 9.48 Å². The molecule has 1 aliphatic rings. The summed E-state index contributed by atoms with van der Waals surface area (Å²) in [6.07, 6.45) is 1.87. The first-order chi connectivity index (χ1) is 15.5. The summed E-state index contributed by atoms with van der Waals surface area (Å²) in [5, 5.41) is 10.2. The maximum atomic E-state index is 12.8. The van der Waals surface area contributed by atoms with E-state index in [-0.39, 0.29) is 11.9 Å². The Bertz CT molecular complexity index is 1270. The molecule has 0 atom stereocenters. The van der Waals surface area contributed by atoms with Crippen molar-refractivity contribution in [2.24, 2.45) is 0 Å². The molecule has 8 nitrogen and oxygen atoms in total. The zero-order valence-electron chi connectivity index (χ0n) is 17.9. The van der Waals surface area contributed by atoms with Crippen LogP contribution in [0.25, 0.3) is 22.3 Å². The Labute approximate surface area is 190 Å². The number of anilines is 1. The topological polar surface area (TPSA) is 80.3 Å². The molecule has 1 fully saturated rings. The molecule has 1 amide bonds. The van der Waals surface area contributed by atoms with E-state index >= 15 is 0 Å². The van der Waals surface area contributed by atoms with Gasteiger partial charge in [0, 0.05) is 43.2 Å². The third kappa shape index (κ3) is 3.71. The molecule has 1 aliphatic heterocycles. The van der Waals surface area contributed by atoms with Gasteiger partial charge in [-0.05, 0) is 32.0 Å². The number of carbonyl (C=O) groups is 1. The van der Waals surface area contributed by atoms with Gasteiger partial charge in [-0.2, -0.15) is 10.1 Å². The predicted molar refractivity (Wildman–Crippen MR) is 123 cm³/mol. The van der Waals surface area contributed by atoms with Crippen LogP contribution >= 0.6 is 11.6 Å². The SMILES string of the molecule is CC(C)n1ncc2ccc(-c3noc(N4CCN(C(=O)c5ccccc5Cl)CC4)n3)cc21.